The number of hydrogen-bond donors (Lipinski definition) is 1. The molecule has 5 heteroatoms. The Morgan fingerprint density at radius 3 is 2.75 bits per heavy atom. The van der Waals surface area contributed by atoms with Crippen LogP contribution in [0.1, 0.15) is 31.4 Å². The van der Waals surface area contributed by atoms with Gasteiger partial charge in [-0.25, -0.2) is 0 Å². The van der Waals surface area contributed by atoms with Crippen molar-refractivity contribution >= 4 is 23.0 Å². The van der Waals surface area contributed by atoms with Crippen molar-refractivity contribution in [2.75, 3.05) is 22.9 Å². The van der Waals surface area contributed by atoms with Gasteiger partial charge in [-0.05, 0) is 49.6 Å². The van der Waals surface area contributed by atoms with Crippen LogP contribution in [-0.2, 0) is 12.1 Å². The lowest BCUT2D eigenvalue weighted by atomic mass is 9.93. The maximum absolute atomic E-state index is 9.78. The van der Waals surface area contributed by atoms with E-state index in [0.29, 0.717) is 6.54 Å². The minimum absolute atomic E-state index is 0.134. The fourth-order valence-corrected chi connectivity index (χ4v) is 4.07. The predicted octanol–water partition coefficient (Wildman–Crippen LogP) is 3.56. The van der Waals surface area contributed by atoms with Crippen molar-refractivity contribution in [2.24, 2.45) is 0 Å². The molecule has 2 aliphatic rings. The molecule has 2 aromatic rings. The Kier molecular flexibility index (Phi) is 3.70. The van der Waals surface area contributed by atoms with Gasteiger partial charge in [0.1, 0.15) is 0 Å². The molecule has 1 saturated heterocycles. The highest BCUT2D eigenvalue weighted by Gasteiger charge is 2.37. The Bertz CT molecular complexity index is 777. The van der Waals surface area contributed by atoms with E-state index >= 15 is 0 Å². The lowest BCUT2D eigenvalue weighted by Crippen LogP contribution is -2.35. The van der Waals surface area contributed by atoms with Crippen molar-refractivity contribution < 1.29 is 5.11 Å². The molecule has 0 amide bonds. The molecule has 126 valence electrons. The van der Waals surface area contributed by atoms with E-state index < -0.39 is 0 Å². The molecule has 0 aliphatic carbocycles. The Labute approximate surface area is 147 Å². The van der Waals surface area contributed by atoms with Gasteiger partial charge < -0.3 is 14.9 Å². The van der Waals surface area contributed by atoms with Gasteiger partial charge in [-0.3, -0.25) is 4.98 Å². The summed E-state index contributed by atoms with van der Waals surface area (Å²) in [5.74, 6) is 0. The van der Waals surface area contributed by atoms with E-state index in [-0.39, 0.29) is 11.6 Å². The summed E-state index contributed by atoms with van der Waals surface area (Å²) < 4.78 is 0. The Hall–Kier alpha value is -1.78. The number of nitrogens with zero attached hydrogens (tertiary/aromatic N) is 3. The molecule has 1 aromatic carbocycles. The number of halogens is 1. The molecule has 2 aliphatic heterocycles. The molecule has 4 nitrogen and oxygen atoms in total. The number of β-amino-alcohol motifs (C(OH)–C–C–N with tert-alkyl or cyclic N) is 1. The molecule has 24 heavy (non-hydrogen) atoms. The smallest absolute Gasteiger partial charge is 0.0731 e. The molecule has 0 radical (unpaired) electrons. The number of aliphatic hydroxyl groups is 1. The summed E-state index contributed by atoms with van der Waals surface area (Å²) in [5.41, 5.74) is 4.63. The molecule has 1 fully saturated rings. The van der Waals surface area contributed by atoms with E-state index in [1.54, 1.807) is 0 Å². The number of benzene rings is 1. The van der Waals surface area contributed by atoms with Gasteiger partial charge in [0.15, 0.2) is 0 Å². The van der Waals surface area contributed by atoms with Crippen molar-refractivity contribution in [2.45, 2.75) is 38.5 Å². The first-order valence-corrected chi connectivity index (χ1v) is 8.77. The highest BCUT2D eigenvalue weighted by molar-refractivity contribution is 6.30. The van der Waals surface area contributed by atoms with Crippen LogP contribution in [0.2, 0.25) is 5.02 Å². The number of aliphatic hydroxyl groups excluding tert-OH is 1. The third kappa shape index (κ3) is 2.54. The number of rotatable bonds is 2. The fraction of sp³-hybridized carbons (Fsp3) is 0.421. The van der Waals surface area contributed by atoms with Gasteiger partial charge in [0, 0.05) is 24.7 Å². The Morgan fingerprint density at radius 1 is 1.21 bits per heavy atom. The van der Waals surface area contributed by atoms with E-state index in [4.69, 9.17) is 11.6 Å². The van der Waals surface area contributed by atoms with Gasteiger partial charge in [0.25, 0.3) is 0 Å². The molecule has 0 bridgehead atoms. The first kappa shape index (κ1) is 15.7. The van der Waals surface area contributed by atoms with Crippen LogP contribution < -0.4 is 9.80 Å². The molecule has 1 atom stereocenters. The first-order chi connectivity index (χ1) is 11.4. The van der Waals surface area contributed by atoms with Crippen molar-refractivity contribution in [3.8, 4) is 0 Å². The monoisotopic (exact) mass is 343 g/mol. The van der Waals surface area contributed by atoms with Crippen LogP contribution in [0.4, 0.5) is 11.4 Å². The summed E-state index contributed by atoms with van der Waals surface area (Å²) in [6, 6.07) is 8.33. The zero-order valence-electron chi connectivity index (χ0n) is 14.0. The van der Waals surface area contributed by atoms with E-state index in [0.717, 1.165) is 35.9 Å². The summed E-state index contributed by atoms with van der Waals surface area (Å²) in [7, 11) is 0. The van der Waals surface area contributed by atoms with Crippen molar-refractivity contribution in [1.82, 2.24) is 4.98 Å². The summed E-state index contributed by atoms with van der Waals surface area (Å²) in [6.45, 7) is 6.87. The average molecular weight is 344 g/mol. The second-order valence-electron chi connectivity index (χ2n) is 7.24. The molecule has 0 saturated carbocycles. The van der Waals surface area contributed by atoms with Crippen molar-refractivity contribution in [1.29, 1.82) is 0 Å². The zero-order chi connectivity index (χ0) is 16.9. The van der Waals surface area contributed by atoms with Gasteiger partial charge >= 0.3 is 0 Å². The van der Waals surface area contributed by atoms with Crippen LogP contribution in [0.5, 0.6) is 0 Å². The number of hydrogen-bond acceptors (Lipinski definition) is 4. The summed E-state index contributed by atoms with van der Waals surface area (Å²) >= 11 is 6.21. The second kappa shape index (κ2) is 5.64. The lowest BCUT2D eigenvalue weighted by molar-refractivity contribution is 0.198. The number of aromatic nitrogens is 1. The quantitative estimate of drug-likeness (QED) is 0.905. The maximum atomic E-state index is 9.78. The number of pyridine rings is 1. The van der Waals surface area contributed by atoms with Gasteiger partial charge in [-0.15, -0.1) is 0 Å². The van der Waals surface area contributed by atoms with Crippen molar-refractivity contribution in [3.05, 3.63) is 52.8 Å². The third-order valence-electron chi connectivity index (χ3n) is 5.28. The second-order valence-corrected chi connectivity index (χ2v) is 7.67. The molecule has 0 unspecified atom stereocenters. The van der Waals surface area contributed by atoms with Crippen molar-refractivity contribution in [3.63, 3.8) is 0 Å². The van der Waals surface area contributed by atoms with Crippen LogP contribution in [0.15, 0.2) is 36.7 Å². The van der Waals surface area contributed by atoms with Crippen LogP contribution in [-0.4, -0.2) is 29.3 Å². The minimum Gasteiger partial charge on any atom is -0.391 e. The SMILES string of the molecule is CC1(C)c2cc(Cl)ccc2CN1c1cncc(N2CC[C@H](O)C2)c1. The Morgan fingerprint density at radius 2 is 2.00 bits per heavy atom. The first-order valence-electron chi connectivity index (χ1n) is 8.40. The average Bonchev–Trinajstić information content (AvgIpc) is 3.10. The van der Waals surface area contributed by atoms with Gasteiger partial charge in [-0.2, -0.15) is 0 Å². The van der Waals surface area contributed by atoms with E-state index in [1.165, 1.54) is 11.1 Å². The van der Waals surface area contributed by atoms with Gasteiger partial charge in [0.2, 0.25) is 0 Å². The molecule has 1 aromatic heterocycles. The van der Waals surface area contributed by atoms with E-state index in [2.05, 4.69) is 46.8 Å². The minimum atomic E-state index is -0.233. The fourth-order valence-electron chi connectivity index (χ4n) is 3.90. The molecular weight excluding hydrogens is 322 g/mol. The van der Waals surface area contributed by atoms with Gasteiger partial charge in [0.05, 0.1) is 35.4 Å². The van der Waals surface area contributed by atoms with E-state index in [9.17, 15) is 5.11 Å². The normalized spacial score (nSPS) is 22.1. The predicted molar refractivity (Wildman–Crippen MR) is 97.7 cm³/mol. The summed E-state index contributed by atoms with van der Waals surface area (Å²) in [6.07, 6.45) is 4.40. The molecule has 1 N–H and O–H groups in total. The summed E-state index contributed by atoms with van der Waals surface area (Å²) in [5, 5.41) is 10.6. The van der Waals surface area contributed by atoms with Crippen LogP contribution in [0.3, 0.4) is 0 Å². The zero-order valence-corrected chi connectivity index (χ0v) is 14.8. The van der Waals surface area contributed by atoms with Crippen LogP contribution in [0.25, 0.3) is 0 Å². The Balaban J connectivity index is 1.68. The van der Waals surface area contributed by atoms with Crippen LogP contribution in [0, 0.1) is 0 Å². The molecule has 3 heterocycles. The number of anilines is 2. The largest absolute Gasteiger partial charge is 0.391 e. The molecule has 4 rings (SSSR count). The highest BCUT2D eigenvalue weighted by Crippen LogP contribution is 2.43. The molecular formula is C19H22ClN3O. The lowest BCUT2D eigenvalue weighted by Gasteiger charge is -2.35. The standard InChI is InChI=1S/C19H22ClN3O/c1-19(2)18-7-14(20)4-3-13(18)11-23(19)16-8-15(9-21-10-16)22-6-5-17(24)12-22/h3-4,7-10,17,24H,5-6,11-12H2,1-2H3/t17-/m0/s1. The van der Waals surface area contributed by atoms with Crippen LogP contribution >= 0.6 is 11.6 Å². The summed E-state index contributed by atoms with van der Waals surface area (Å²) in [4.78, 5) is 9.03. The molecule has 0 spiro atoms. The third-order valence-corrected chi connectivity index (χ3v) is 5.52. The number of fused-ring (bicyclic) bond motifs is 1. The topological polar surface area (TPSA) is 39.6 Å². The van der Waals surface area contributed by atoms with E-state index in [1.807, 2.05) is 18.5 Å². The maximum Gasteiger partial charge on any atom is 0.0731 e. The van der Waals surface area contributed by atoms with Gasteiger partial charge in [-0.1, -0.05) is 17.7 Å². The highest BCUT2D eigenvalue weighted by atomic mass is 35.5.